The highest BCUT2D eigenvalue weighted by molar-refractivity contribution is 6.52. The van der Waals surface area contributed by atoms with E-state index in [4.69, 9.17) is 32.7 Å². The van der Waals surface area contributed by atoms with E-state index in [1.54, 1.807) is 7.11 Å². The second kappa shape index (κ2) is 6.11. The molecule has 0 saturated heterocycles. The van der Waals surface area contributed by atoms with Gasteiger partial charge in [0.25, 0.3) is 0 Å². The van der Waals surface area contributed by atoms with Crippen LogP contribution in [0.5, 0.6) is 5.75 Å². The quantitative estimate of drug-likeness (QED) is 0.557. The largest absolute Gasteiger partial charge is 0.465 e. The molecule has 0 aromatic heterocycles. The van der Waals surface area contributed by atoms with Crippen molar-refractivity contribution in [3.05, 3.63) is 65.7 Å². The molecule has 3 atom stereocenters. The van der Waals surface area contributed by atoms with Gasteiger partial charge in [0.15, 0.2) is 6.29 Å². The topological polar surface area (TPSA) is 18.5 Å². The van der Waals surface area contributed by atoms with Crippen LogP contribution >= 0.6 is 23.2 Å². The van der Waals surface area contributed by atoms with Crippen molar-refractivity contribution in [2.24, 2.45) is 0 Å². The molecule has 4 heteroatoms. The Bertz CT molecular complexity index is 625. The van der Waals surface area contributed by atoms with Crippen LogP contribution in [-0.4, -0.2) is 17.7 Å². The van der Waals surface area contributed by atoms with Crippen LogP contribution < -0.4 is 4.74 Å². The molecule has 0 radical (unpaired) electrons. The van der Waals surface area contributed by atoms with Gasteiger partial charge in [0.2, 0.25) is 0 Å². The molecule has 3 unspecified atom stereocenters. The third-order valence-corrected chi connectivity index (χ3v) is 5.03. The van der Waals surface area contributed by atoms with E-state index in [2.05, 4.69) is 12.1 Å². The lowest BCUT2D eigenvalue weighted by atomic mass is 10.0. The Kier molecular flexibility index (Phi) is 4.35. The van der Waals surface area contributed by atoms with Crippen molar-refractivity contribution in [2.75, 3.05) is 7.11 Å². The van der Waals surface area contributed by atoms with Crippen LogP contribution in [0.3, 0.4) is 0 Å². The van der Waals surface area contributed by atoms with E-state index in [1.807, 2.05) is 49.4 Å². The highest BCUT2D eigenvalue weighted by atomic mass is 35.5. The average Bonchev–Trinajstić information content (AvgIpc) is 3.11. The van der Waals surface area contributed by atoms with Gasteiger partial charge in [-0.2, -0.15) is 0 Å². The fourth-order valence-electron chi connectivity index (χ4n) is 2.81. The van der Waals surface area contributed by atoms with Gasteiger partial charge in [-0.1, -0.05) is 42.5 Å². The SMILES string of the molecule is COC(C)Oc1ccc(C2C(c3ccccc3)C2(Cl)Cl)cc1. The minimum absolute atomic E-state index is 0.104. The summed E-state index contributed by atoms with van der Waals surface area (Å²) in [6.45, 7) is 1.85. The van der Waals surface area contributed by atoms with Crippen molar-refractivity contribution in [1.29, 1.82) is 0 Å². The number of benzene rings is 2. The molecule has 0 bridgehead atoms. The number of ether oxygens (including phenoxy) is 2. The number of methoxy groups -OCH3 is 1. The van der Waals surface area contributed by atoms with Crippen molar-refractivity contribution in [3.63, 3.8) is 0 Å². The van der Waals surface area contributed by atoms with E-state index in [9.17, 15) is 0 Å². The zero-order valence-corrected chi connectivity index (χ0v) is 14.0. The van der Waals surface area contributed by atoms with E-state index in [-0.39, 0.29) is 18.1 Å². The van der Waals surface area contributed by atoms with Crippen LogP contribution in [0.4, 0.5) is 0 Å². The third-order valence-electron chi connectivity index (χ3n) is 4.09. The number of hydrogen-bond donors (Lipinski definition) is 0. The molecule has 116 valence electrons. The van der Waals surface area contributed by atoms with Crippen molar-refractivity contribution in [1.82, 2.24) is 0 Å². The molecule has 1 fully saturated rings. The van der Waals surface area contributed by atoms with Crippen molar-refractivity contribution < 1.29 is 9.47 Å². The maximum Gasteiger partial charge on any atom is 0.196 e. The predicted molar refractivity (Wildman–Crippen MR) is 89.9 cm³/mol. The standard InChI is InChI=1S/C18H18Cl2O2/c1-12(21-2)22-15-10-8-14(9-11-15)17-16(18(17,19)20)13-6-4-3-5-7-13/h3-12,16-17H,1-2H3. The molecule has 0 N–H and O–H groups in total. The van der Waals surface area contributed by atoms with E-state index in [0.29, 0.717) is 0 Å². The van der Waals surface area contributed by atoms with E-state index in [1.165, 1.54) is 5.56 Å². The Morgan fingerprint density at radius 1 is 0.909 bits per heavy atom. The highest BCUT2D eigenvalue weighted by Gasteiger charge is 2.64. The van der Waals surface area contributed by atoms with Crippen LogP contribution in [0.2, 0.25) is 0 Å². The zero-order chi connectivity index (χ0) is 15.7. The summed E-state index contributed by atoms with van der Waals surface area (Å²) in [6, 6.07) is 18.0. The lowest BCUT2D eigenvalue weighted by Crippen LogP contribution is -2.13. The Morgan fingerprint density at radius 3 is 2.00 bits per heavy atom. The van der Waals surface area contributed by atoms with Gasteiger partial charge in [-0.25, -0.2) is 0 Å². The van der Waals surface area contributed by atoms with Crippen molar-refractivity contribution >= 4 is 23.2 Å². The number of halogens is 2. The first-order valence-corrected chi connectivity index (χ1v) is 8.02. The fourth-order valence-corrected chi connectivity index (χ4v) is 3.69. The Hall–Kier alpha value is -1.22. The van der Waals surface area contributed by atoms with Crippen molar-refractivity contribution in [2.45, 2.75) is 29.4 Å². The summed E-state index contributed by atoms with van der Waals surface area (Å²) in [5, 5.41) is 0. The highest BCUT2D eigenvalue weighted by Crippen LogP contribution is 2.70. The molecule has 2 aromatic rings. The monoisotopic (exact) mass is 336 g/mol. The van der Waals surface area contributed by atoms with Crippen LogP contribution in [0.15, 0.2) is 54.6 Å². The van der Waals surface area contributed by atoms with Crippen LogP contribution in [0.1, 0.15) is 29.9 Å². The van der Waals surface area contributed by atoms with E-state index >= 15 is 0 Å². The van der Waals surface area contributed by atoms with Crippen molar-refractivity contribution in [3.8, 4) is 5.75 Å². The minimum Gasteiger partial charge on any atom is -0.465 e. The van der Waals surface area contributed by atoms with Crippen LogP contribution in [-0.2, 0) is 4.74 Å². The first-order valence-electron chi connectivity index (χ1n) is 7.26. The summed E-state index contributed by atoms with van der Waals surface area (Å²) >= 11 is 13.0. The van der Waals surface area contributed by atoms with E-state index in [0.717, 1.165) is 11.3 Å². The molecule has 0 heterocycles. The van der Waals surface area contributed by atoms with Gasteiger partial charge in [-0.15, -0.1) is 23.2 Å². The van der Waals surface area contributed by atoms with Gasteiger partial charge in [0, 0.05) is 18.9 Å². The van der Waals surface area contributed by atoms with E-state index < -0.39 is 4.33 Å². The maximum absolute atomic E-state index is 6.50. The molecule has 0 spiro atoms. The van der Waals surface area contributed by atoms with Gasteiger partial charge in [-0.05, 0) is 30.2 Å². The summed E-state index contributed by atoms with van der Waals surface area (Å²) in [5.74, 6) is 0.999. The lowest BCUT2D eigenvalue weighted by Gasteiger charge is -2.12. The average molecular weight is 337 g/mol. The molecule has 2 aromatic carbocycles. The molecule has 22 heavy (non-hydrogen) atoms. The smallest absolute Gasteiger partial charge is 0.196 e. The molecule has 3 rings (SSSR count). The summed E-state index contributed by atoms with van der Waals surface area (Å²) in [7, 11) is 1.61. The Labute approximate surface area is 141 Å². The molecule has 0 aliphatic heterocycles. The summed E-state index contributed by atoms with van der Waals surface area (Å²) in [4.78, 5) is 0. The molecular formula is C18H18Cl2O2. The third kappa shape index (κ3) is 2.96. The van der Waals surface area contributed by atoms with Crippen LogP contribution in [0.25, 0.3) is 0 Å². The number of rotatable bonds is 5. The fraction of sp³-hybridized carbons (Fsp3) is 0.333. The summed E-state index contributed by atoms with van der Waals surface area (Å²) in [6.07, 6.45) is -0.274. The number of alkyl halides is 2. The maximum atomic E-state index is 6.50. The minimum atomic E-state index is -0.746. The Balaban J connectivity index is 1.77. The van der Waals surface area contributed by atoms with Crippen LogP contribution in [0, 0.1) is 0 Å². The molecule has 0 amide bonds. The second-order valence-electron chi connectivity index (χ2n) is 5.53. The molecule has 1 saturated carbocycles. The first kappa shape index (κ1) is 15.7. The molecule has 1 aliphatic rings. The number of hydrogen-bond acceptors (Lipinski definition) is 2. The molecule has 2 nitrogen and oxygen atoms in total. The normalized spacial score (nSPS) is 23.8. The molecular weight excluding hydrogens is 319 g/mol. The Morgan fingerprint density at radius 2 is 1.45 bits per heavy atom. The second-order valence-corrected chi connectivity index (χ2v) is 6.98. The van der Waals surface area contributed by atoms with Gasteiger partial charge in [0.05, 0.1) is 0 Å². The van der Waals surface area contributed by atoms with Gasteiger partial charge in [-0.3, -0.25) is 0 Å². The molecule has 1 aliphatic carbocycles. The predicted octanol–water partition coefficient (Wildman–Crippen LogP) is 5.11. The summed E-state index contributed by atoms with van der Waals surface area (Å²) in [5.41, 5.74) is 2.29. The van der Waals surface area contributed by atoms with Gasteiger partial charge >= 0.3 is 0 Å². The lowest BCUT2D eigenvalue weighted by molar-refractivity contribution is -0.0382. The summed E-state index contributed by atoms with van der Waals surface area (Å²) < 4.78 is 9.94. The first-order chi connectivity index (χ1) is 10.5. The van der Waals surface area contributed by atoms with Gasteiger partial charge in [0.1, 0.15) is 10.1 Å². The van der Waals surface area contributed by atoms with Gasteiger partial charge < -0.3 is 9.47 Å². The zero-order valence-electron chi connectivity index (χ0n) is 12.5.